The van der Waals surface area contributed by atoms with Gasteiger partial charge in [0, 0.05) is 48.5 Å². The highest BCUT2D eigenvalue weighted by Gasteiger charge is 2.46. The minimum atomic E-state index is -1.14. The first kappa shape index (κ1) is 25.3. The highest BCUT2D eigenvalue weighted by Crippen LogP contribution is 2.40. The summed E-state index contributed by atoms with van der Waals surface area (Å²) in [6, 6.07) is 14.1. The smallest absolute Gasteiger partial charge is 0.219 e. The van der Waals surface area contributed by atoms with Crippen molar-refractivity contribution < 1.29 is 14.2 Å². The topological polar surface area (TPSA) is 64.9 Å². The fraction of sp³-hybridized carbons (Fsp3) is 0.462. The number of rotatable bonds is 8. The van der Waals surface area contributed by atoms with E-state index >= 15 is 0 Å². The Bertz CT molecular complexity index is 1140. The summed E-state index contributed by atoms with van der Waals surface area (Å²) in [5.41, 5.74) is 1.89. The number of aromatic nitrogens is 3. The van der Waals surface area contributed by atoms with Crippen LogP contribution in [0.2, 0.25) is 10.0 Å². The molecule has 2 atom stereocenters. The van der Waals surface area contributed by atoms with Crippen LogP contribution in [0.15, 0.2) is 54.9 Å². The van der Waals surface area contributed by atoms with E-state index in [9.17, 15) is 0 Å². The molecule has 192 valence electrons. The van der Waals surface area contributed by atoms with E-state index in [4.69, 9.17) is 37.4 Å². The van der Waals surface area contributed by atoms with E-state index in [2.05, 4.69) is 46.0 Å². The molecule has 5 rings (SSSR count). The van der Waals surface area contributed by atoms with Crippen molar-refractivity contribution in [2.75, 3.05) is 44.3 Å². The summed E-state index contributed by atoms with van der Waals surface area (Å²) >= 11 is 12.6. The van der Waals surface area contributed by atoms with Crippen LogP contribution >= 0.6 is 23.2 Å². The summed E-state index contributed by atoms with van der Waals surface area (Å²) in [5, 5.41) is 9.43. The molecule has 0 N–H and O–H groups in total. The van der Waals surface area contributed by atoms with Gasteiger partial charge in [-0.25, -0.2) is 0 Å². The fourth-order valence-corrected chi connectivity index (χ4v) is 5.26. The van der Waals surface area contributed by atoms with Gasteiger partial charge in [-0.05, 0) is 50.2 Å². The van der Waals surface area contributed by atoms with E-state index in [1.807, 2.05) is 18.2 Å². The average molecular weight is 532 g/mol. The molecule has 2 saturated heterocycles. The second-order valence-corrected chi connectivity index (χ2v) is 10.3. The van der Waals surface area contributed by atoms with Crippen LogP contribution in [0.25, 0.3) is 0 Å². The Morgan fingerprint density at radius 2 is 1.75 bits per heavy atom. The van der Waals surface area contributed by atoms with Gasteiger partial charge in [0.1, 0.15) is 25.0 Å². The number of hydrogen-bond acceptors (Lipinski definition) is 7. The van der Waals surface area contributed by atoms with E-state index in [1.54, 1.807) is 24.5 Å². The van der Waals surface area contributed by atoms with E-state index in [-0.39, 0.29) is 12.6 Å². The molecule has 2 aromatic carbocycles. The molecular weight excluding hydrogens is 501 g/mol. The van der Waals surface area contributed by atoms with Crippen LogP contribution in [0.3, 0.4) is 0 Å². The van der Waals surface area contributed by atoms with Crippen LogP contribution < -0.4 is 9.64 Å². The second kappa shape index (κ2) is 10.9. The first-order valence-electron chi connectivity index (χ1n) is 12.3. The van der Waals surface area contributed by atoms with E-state index in [0.717, 1.165) is 31.9 Å². The number of piperazine rings is 1. The third-order valence-corrected chi connectivity index (χ3v) is 7.25. The number of benzene rings is 2. The molecule has 2 fully saturated rings. The first-order chi connectivity index (χ1) is 17.4. The zero-order valence-corrected chi connectivity index (χ0v) is 22.0. The zero-order chi connectivity index (χ0) is 25.1. The van der Waals surface area contributed by atoms with Crippen molar-refractivity contribution in [3.8, 4) is 5.75 Å². The molecule has 0 bridgehead atoms. The van der Waals surface area contributed by atoms with Crippen molar-refractivity contribution in [1.82, 2.24) is 19.9 Å². The normalized spacial score (nSPS) is 22.9. The molecule has 0 radical (unpaired) electrons. The van der Waals surface area contributed by atoms with Gasteiger partial charge < -0.3 is 19.1 Å². The Balaban J connectivity index is 1.21. The molecule has 8 nitrogen and oxygen atoms in total. The van der Waals surface area contributed by atoms with Gasteiger partial charge in [-0.2, -0.15) is 15.0 Å². The number of anilines is 1. The lowest BCUT2D eigenvalue weighted by atomic mass is 10.1. The van der Waals surface area contributed by atoms with Gasteiger partial charge in [-0.1, -0.05) is 29.3 Å². The Morgan fingerprint density at radius 3 is 2.42 bits per heavy atom. The van der Waals surface area contributed by atoms with Crippen molar-refractivity contribution >= 4 is 28.9 Å². The summed E-state index contributed by atoms with van der Waals surface area (Å²) in [4.78, 5) is 6.45. The van der Waals surface area contributed by atoms with Crippen molar-refractivity contribution in [2.24, 2.45) is 0 Å². The highest BCUT2D eigenvalue weighted by atomic mass is 35.5. The van der Waals surface area contributed by atoms with Crippen LogP contribution in [0.4, 0.5) is 5.69 Å². The Kier molecular flexibility index (Phi) is 7.69. The second-order valence-electron chi connectivity index (χ2n) is 9.41. The molecule has 0 amide bonds. The minimum absolute atomic E-state index is 0.247. The molecule has 0 unspecified atom stereocenters. The monoisotopic (exact) mass is 531 g/mol. The Hall–Kier alpha value is -2.36. The lowest BCUT2D eigenvalue weighted by Crippen LogP contribution is -2.48. The van der Waals surface area contributed by atoms with Gasteiger partial charge in [0.2, 0.25) is 5.79 Å². The molecule has 3 aromatic rings. The summed E-state index contributed by atoms with van der Waals surface area (Å²) < 4.78 is 18.7. The van der Waals surface area contributed by atoms with Crippen LogP contribution in [0.1, 0.15) is 19.4 Å². The minimum Gasteiger partial charge on any atom is -0.491 e. The summed E-state index contributed by atoms with van der Waals surface area (Å²) in [5.74, 6) is -0.351. The van der Waals surface area contributed by atoms with Gasteiger partial charge >= 0.3 is 0 Å². The summed E-state index contributed by atoms with van der Waals surface area (Å²) in [7, 11) is 0. The zero-order valence-electron chi connectivity index (χ0n) is 20.5. The average Bonchev–Trinajstić information content (AvgIpc) is 3.54. The SMILES string of the molecule is CC(C)N1CCN(c2ccc(OC[C@@H]3CO[C@@](Cn4nccn4)(c4ccc(Cl)cc4Cl)O3)cc2)CC1. The first-order valence-corrected chi connectivity index (χ1v) is 13.0. The number of nitrogens with zero attached hydrogens (tertiary/aromatic N) is 5. The van der Waals surface area contributed by atoms with Crippen molar-refractivity contribution in [3.05, 3.63) is 70.5 Å². The van der Waals surface area contributed by atoms with Gasteiger partial charge in [-0.15, -0.1) is 0 Å². The standard InChI is InChI=1S/C26H31Cl2N5O3/c1-19(2)31-11-13-32(14-12-31)21-4-6-22(7-5-21)34-16-23-17-35-26(36-23,18-33-29-9-10-30-33)24-8-3-20(27)15-25(24)28/h3-10,15,19,23H,11-14,16-18H2,1-2H3/t23-,26-/m1/s1. The maximum Gasteiger partial charge on any atom is 0.219 e. The highest BCUT2D eigenvalue weighted by molar-refractivity contribution is 6.35. The maximum absolute atomic E-state index is 6.53. The maximum atomic E-state index is 6.53. The Morgan fingerprint density at radius 1 is 1.03 bits per heavy atom. The van der Waals surface area contributed by atoms with Gasteiger partial charge in [-0.3, -0.25) is 4.90 Å². The van der Waals surface area contributed by atoms with Gasteiger partial charge in [0.25, 0.3) is 0 Å². The van der Waals surface area contributed by atoms with Crippen molar-refractivity contribution in [2.45, 2.75) is 38.3 Å². The number of hydrogen-bond donors (Lipinski definition) is 0. The molecule has 10 heteroatoms. The van der Waals surface area contributed by atoms with Crippen LogP contribution in [0, 0.1) is 0 Å². The Labute approximate surface area is 221 Å². The van der Waals surface area contributed by atoms with Gasteiger partial charge in [0.15, 0.2) is 0 Å². The fourth-order valence-electron chi connectivity index (χ4n) is 4.70. The molecule has 0 aliphatic carbocycles. The summed E-state index contributed by atoms with van der Waals surface area (Å²) in [6.07, 6.45) is 2.93. The summed E-state index contributed by atoms with van der Waals surface area (Å²) in [6.45, 7) is 9.68. The molecule has 2 aliphatic heterocycles. The molecule has 0 spiro atoms. The van der Waals surface area contributed by atoms with Crippen LogP contribution in [-0.4, -0.2) is 71.4 Å². The lowest BCUT2D eigenvalue weighted by Gasteiger charge is -2.38. The lowest BCUT2D eigenvalue weighted by molar-refractivity contribution is -0.192. The van der Waals surface area contributed by atoms with Crippen LogP contribution in [0.5, 0.6) is 5.75 Å². The van der Waals surface area contributed by atoms with E-state index in [0.29, 0.717) is 34.9 Å². The van der Waals surface area contributed by atoms with Crippen molar-refractivity contribution in [3.63, 3.8) is 0 Å². The predicted molar refractivity (Wildman–Crippen MR) is 140 cm³/mol. The van der Waals surface area contributed by atoms with Crippen LogP contribution in [-0.2, 0) is 21.8 Å². The quantitative estimate of drug-likeness (QED) is 0.425. The third-order valence-electron chi connectivity index (χ3n) is 6.70. The molecule has 2 aliphatic rings. The third kappa shape index (κ3) is 5.63. The molecular formula is C26H31Cl2N5O3. The predicted octanol–water partition coefficient (Wildman–Crippen LogP) is 4.46. The molecule has 1 aromatic heterocycles. The molecule has 3 heterocycles. The number of ether oxygens (including phenoxy) is 3. The van der Waals surface area contributed by atoms with E-state index in [1.165, 1.54) is 10.5 Å². The molecule has 36 heavy (non-hydrogen) atoms. The number of halogens is 2. The van der Waals surface area contributed by atoms with Crippen molar-refractivity contribution in [1.29, 1.82) is 0 Å². The largest absolute Gasteiger partial charge is 0.491 e. The van der Waals surface area contributed by atoms with E-state index < -0.39 is 5.79 Å². The molecule has 0 saturated carbocycles. The van der Waals surface area contributed by atoms with Gasteiger partial charge in [0.05, 0.1) is 24.0 Å².